The highest BCUT2D eigenvalue weighted by molar-refractivity contribution is 5.36. The maximum Gasteiger partial charge on any atom is 0.194 e. The fourth-order valence-corrected chi connectivity index (χ4v) is 5.63. The van der Waals surface area contributed by atoms with E-state index < -0.39 is 17.5 Å². The Morgan fingerprint density at radius 1 is 0.781 bits per heavy atom. The number of nitrogens with zero attached hydrogens (tertiary/aromatic N) is 1. The summed E-state index contributed by atoms with van der Waals surface area (Å²) in [5.41, 5.74) is 2.67. The van der Waals surface area contributed by atoms with Crippen molar-refractivity contribution in [2.45, 2.75) is 37.4 Å². The Balaban J connectivity index is 1.49. The van der Waals surface area contributed by atoms with Crippen LogP contribution in [0.5, 0.6) is 0 Å². The fraction of sp³-hybridized carbons (Fsp3) is 0.333. The summed E-state index contributed by atoms with van der Waals surface area (Å²) in [6.07, 6.45) is 2.18. The molecule has 0 saturated carbocycles. The van der Waals surface area contributed by atoms with Crippen LogP contribution in [0.3, 0.4) is 0 Å². The zero-order valence-electron chi connectivity index (χ0n) is 17.9. The molecule has 2 unspecified atom stereocenters. The van der Waals surface area contributed by atoms with Gasteiger partial charge in [0.2, 0.25) is 0 Å². The van der Waals surface area contributed by atoms with Gasteiger partial charge in [-0.25, -0.2) is 13.2 Å². The predicted molar refractivity (Wildman–Crippen MR) is 120 cm³/mol. The molecule has 3 heterocycles. The maximum atomic E-state index is 14.3. The van der Waals surface area contributed by atoms with Crippen LogP contribution < -0.4 is 5.32 Å². The minimum absolute atomic E-state index is 0.121. The molecule has 6 rings (SSSR count). The minimum atomic E-state index is -1.40. The first-order chi connectivity index (χ1) is 15.6. The fourth-order valence-electron chi connectivity index (χ4n) is 5.63. The number of piperidine rings is 3. The van der Waals surface area contributed by atoms with E-state index in [1.54, 1.807) is 0 Å². The molecule has 3 fully saturated rings. The molecule has 0 aromatic heterocycles. The number of fused-ring (bicyclic) bond motifs is 3. The van der Waals surface area contributed by atoms with E-state index in [1.165, 1.54) is 17.2 Å². The molecule has 1 N–H and O–H groups in total. The van der Waals surface area contributed by atoms with Crippen LogP contribution in [-0.2, 0) is 6.54 Å². The molecule has 3 aliphatic rings. The molecule has 3 aliphatic heterocycles. The van der Waals surface area contributed by atoms with Crippen LogP contribution in [0, 0.1) is 23.4 Å². The number of hydrogen-bond acceptors (Lipinski definition) is 2. The van der Waals surface area contributed by atoms with Gasteiger partial charge in [-0.1, -0.05) is 66.7 Å². The Hall–Kier alpha value is -2.63. The van der Waals surface area contributed by atoms with Gasteiger partial charge in [0.15, 0.2) is 17.5 Å². The van der Waals surface area contributed by atoms with Crippen molar-refractivity contribution >= 4 is 0 Å². The van der Waals surface area contributed by atoms with Crippen LogP contribution >= 0.6 is 0 Å². The van der Waals surface area contributed by atoms with Crippen molar-refractivity contribution in [2.24, 2.45) is 5.92 Å². The van der Waals surface area contributed by atoms with E-state index in [1.807, 2.05) is 12.1 Å². The first kappa shape index (κ1) is 21.2. The highest BCUT2D eigenvalue weighted by atomic mass is 19.2. The van der Waals surface area contributed by atoms with Crippen LogP contribution in [0.4, 0.5) is 13.2 Å². The molecule has 0 aliphatic carbocycles. The lowest BCUT2D eigenvalue weighted by atomic mass is 9.70. The van der Waals surface area contributed by atoms with E-state index in [9.17, 15) is 13.2 Å². The third kappa shape index (κ3) is 3.96. The molecule has 0 spiro atoms. The van der Waals surface area contributed by atoms with E-state index in [-0.39, 0.29) is 30.1 Å². The molecular formula is C27H27F3N2. The van der Waals surface area contributed by atoms with Crippen molar-refractivity contribution in [1.29, 1.82) is 0 Å². The Morgan fingerprint density at radius 3 is 1.97 bits per heavy atom. The van der Waals surface area contributed by atoms with Gasteiger partial charge < -0.3 is 5.32 Å². The molecular weight excluding hydrogens is 409 g/mol. The molecule has 5 heteroatoms. The van der Waals surface area contributed by atoms with Crippen LogP contribution in [0.15, 0.2) is 72.8 Å². The smallest absolute Gasteiger partial charge is 0.194 e. The first-order valence-electron chi connectivity index (χ1n) is 11.3. The second-order valence-electron chi connectivity index (χ2n) is 8.90. The average Bonchev–Trinajstić information content (AvgIpc) is 2.85. The van der Waals surface area contributed by atoms with Crippen molar-refractivity contribution < 1.29 is 13.2 Å². The van der Waals surface area contributed by atoms with E-state index in [0.29, 0.717) is 5.92 Å². The van der Waals surface area contributed by atoms with Crippen molar-refractivity contribution in [2.75, 3.05) is 13.1 Å². The highest BCUT2D eigenvalue weighted by Gasteiger charge is 2.46. The van der Waals surface area contributed by atoms with Crippen LogP contribution in [0.2, 0.25) is 0 Å². The van der Waals surface area contributed by atoms with Crippen LogP contribution in [-0.4, -0.2) is 30.1 Å². The van der Waals surface area contributed by atoms with E-state index >= 15 is 0 Å². The standard InChI is InChI=1S/C27H27F3N2/c28-22-12-11-21(24(29)25(22)30)17-31-26-20-13-15-32(16-14-20)27(26)23(18-7-3-1-4-8-18)19-9-5-2-6-10-19/h1-12,20,23,26-27,31H,13-17H2. The molecule has 3 saturated heterocycles. The summed E-state index contributed by atoms with van der Waals surface area (Å²) < 4.78 is 41.5. The zero-order chi connectivity index (χ0) is 22.1. The summed E-state index contributed by atoms with van der Waals surface area (Å²) in [5, 5.41) is 3.56. The lowest BCUT2D eigenvalue weighted by Crippen LogP contribution is -2.64. The summed E-state index contributed by atoms with van der Waals surface area (Å²) in [7, 11) is 0. The topological polar surface area (TPSA) is 15.3 Å². The molecule has 166 valence electrons. The van der Waals surface area contributed by atoms with Crippen molar-refractivity contribution in [3.05, 3.63) is 107 Å². The van der Waals surface area contributed by atoms with Gasteiger partial charge in [0.05, 0.1) is 0 Å². The second kappa shape index (κ2) is 9.08. The normalized spacial score (nSPS) is 24.8. The van der Waals surface area contributed by atoms with E-state index in [4.69, 9.17) is 0 Å². The Bertz CT molecular complexity index is 1010. The second-order valence-corrected chi connectivity index (χ2v) is 8.90. The number of rotatable bonds is 6. The monoisotopic (exact) mass is 436 g/mol. The van der Waals surface area contributed by atoms with E-state index in [2.05, 4.69) is 58.7 Å². The lowest BCUT2D eigenvalue weighted by Gasteiger charge is -2.54. The minimum Gasteiger partial charge on any atom is -0.308 e. The summed E-state index contributed by atoms with van der Waals surface area (Å²) in [6.45, 7) is 2.26. The molecule has 2 nitrogen and oxygen atoms in total. The molecule has 32 heavy (non-hydrogen) atoms. The zero-order valence-corrected chi connectivity index (χ0v) is 17.9. The van der Waals surface area contributed by atoms with Gasteiger partial charge in [0.25, 0.3) is 0 Å². The van der Waals surface area contributed by atoms with Gasteiger partial charge in [-0.3, -0.25) is 4.90 Å². The first-order valence-corrected chi connectivity index (χ1v) is 11.3. The third-order valence-electron chi connectivity index (χ3n) is 7.17. The largest absolute Gasteiger partial charge is 0.308 e. The third-order valence-corrected chi connectivity index (χ3v) is 7.17. The summed E-state index contributed by atoms with van der Waals surface area (Å²) in [4.78, 5) is 2.55. The number of halogens is 3. The van der Waals surface area contributed by atoms with Crippen molar-refractivity contribution in [1.82, 2.24) is 10.2 Å². The average molecular weight is 437 g/mol. The Morgan fingerprint density at radius 2 is 1.38 bits per heavy atom. The number of benzene rings is 3. The summed E-state index contributed by atoms with van der Waals surface area (Å²) >= 11 is 0. The molecule has 3 aromatic carbocycles. The summed E-state index contributed by atoms with van der Waals surface area (Å²) in [5.74, 6) is -3.03. The highest BCUT2D eigenvalue weighted by Crippen LogP contribution is 2.42. The summed E-state index contributed by atoms with van der Waals surface area (Å²) in [6, 6.07) is 23.7. The molecule has 2 bridgehead atoms. The van der Waals surface area contributed by atoms with Crippen LogP contribution in [0.25, 0.3) is 0 Å². The van der Waals surface area contributed by atoms with Gasteiger partial charge in [0.1, 0.15) is 0 Å². The van der Waals surface area contributed by atoms with Gasteiger partial charge in [0, 0.05) is 30.1 Å². The van der Waals surface area contributed by atoms with Crippen molar-refractivity contribution in [3.63, 3.8) is 0 Å². The van der Waals surface area contributed by atoms with Crippen molar-refractivity contribution in [3.8, 4) is 0 Å². The van der Waals surface area contributed by atoms with Crippen LogP contribution in [0.1, 0.15) is 35.4 Å². The Labute approximate surface area is 187 Å². The maximum absolute atomic E-state index is 14.3. The van der Waals surface area contributed by atoms with Gasteiger partial charge in [-0.15, -0.1) is 0 Å². The van der Waals surface area contributed by atoms with Gasteiger partial charge >= 0.3 is 0 Å². The van der Waals surface area contributed by atoms with E-state index in [0.717, 1.165) is 32.0 Å². The molecule has 2 atom stereocenters. The van der Waals surface area contributed by atoms with Gasteiger partial charge in [-0.2, -0.15) is 0 Å². The molecule has 0 radical (unpaired) electrons. The van der Waals surface area contributed by atoms with Gasteiger partial charge in [-0.05, 0) is 49.0 Å². The number of nitrogens with one attached hydrogen (secondary N) is 1. The Kier molecular flexibility index (Phi) is 6.03. The predicted octanol–water partition coefficient (Wildman–Crippen LogP) is 5.49. The SMILES string of the molecule is Fc1ccc(CNC2C3CCN(CC3)C2C(c2ccccc2)c2ccccc2)c(F)c1F. The molecule has 3 aromatic rings. The quantitative estimate of drug-likeness (QED) is 0.514. The molecule has 0 amide bonds. The lowest BCUT2D eigenvalue weighted by molar-refractivity contribution is 0.00457. The number of hydrogen-bond donors (Lipinski definition) is 1.